The van der Waals surface area contributed by atoms with Crippen LogP contribution in [0.1, 0.15) is 24.8 Å². The normalized spacial score (nSPS) is 14.9. The highest BCUT2D eigenvalue weighted by atomic mass is 79.9. The number of benzene rings is 1. The molecule has 0 bridgehead atoms. The molecule has 3 heterocycles. The Bertz CT molecular complexity index is 884. The molecule has 6 nitrogen and oxygen atoms in total. The van der Waals surface area contributed by atoms with Gasteiger partial charge in [0, 0.05) is 32.4 Å². The van der Waals surface area contributed by atoms with E-state index in [1.165, 1.54) is 30.5 Å². The summed E-state index contributed by atoms with van der Waals surface area (Å²) in [7, 11) is 1.88. The number of halogens is 1. The van der Waals surface area contributed by atoms with Gasteiger partial charge in [-0.05, 0) is 46.8 Å². The first-order chi connectivity index (χ1) is 12.2. The summed E-state index contributed by atoms with van der Waals surface area (Å²) < 4.78 is 2.52. The van der Waals surface area contributed by atoms with Gasteiger partial charge in [-0.2, -0.15) is 5.10 Å². The molecule has 4 rings (SSSR count). The zero-order chi connectivity index (χ0) is 17.2. The minimum Gasteiger partial charge on any atom is -0.371 e. The maximum absolute atomic E-state index is 4.42. The van der Waals surface area contributed by atoms with Crippen LogP contribution in [-0.4, -0.2) is 32.8 Å². The van der Waals surface area contributed by atoms with Crippen molar-refractivity contribution in [2.45, 2.75) is 25.8 Å². The number of rotatable bonds is 4. The first-order valence-electron chi connectivity index (χ1n) is 8.64. The van der Waals surface area contributed by atoms with Gasteiger partial charge in [0.05, 0.1) is 5.39 Å². The van der Waals surface area contributed by atoms with Gasteiger partial charge in [0.1, 0.15) is 16.7 Å². The standard InChI is InChI=1S/C18H21BrN6/c1-24-18-15(16(19)23-24)17(21-12-22-18)20-11-13-7-3-4-8-14(13)25-9-5-2-6-10-25/h3-4,7-8,12H,2,5-6,9-11H2,1H3,(H,20,21,22). The number of hydrogen-bond acceptors (Lipinski definition) is 5. The second kappa shape index (κ2) is 7.00. The number of anilines is 2. The van der Waals surface area contributed by atoms with Crippen LogP contribution in [0, 0.1) is 0 Å². The van der Waals surface area contributed by atoms with Gasteiger partial charge in [-0.15, -0.1) is 0 Å². The predicted octanol–water partition coefficient (Wildman–Crippen LogP) is 3.73. The van der Waals surface area contributed by atoms with E-state index in [4.69, 9.17) is 0 Å². The number of aryl methyl sites for hydroxylation is 1. The van der Waals surface area contributed by atoms with Crippen LogP contribution in [0.3, 0.4) is 0 Å². The molecule has 0 radical (unpaired) electrons. The summed E-state index contributed by atoms with van der Waals surface area (Å²) in [5.41, 5.74) is 3.43. The van der Waals surface area contributed by atoms with Crippen molar-refractivity contribution < 1.29 is 0 Å². The van der Waals surface area contributed by atoms with E-state index in [-0.39, 0.29) is 0 Å². The first-order valence-corrected chi connectivity index (χ1v) is 9.43. The average molecular weight is 401 g/mol. The molecule has 0 aliphatic carbocycles. The largest absolute Gasteiger partial charge is 0.371 e. The van der Waals surface area contributed by atoms with Gasteiger partial charge in [0.15, 0.2) is 5.65 Å². The molecule has 1 saturated heterocycles. The minimum absolute atomic E-state index is 0.722. The number of nitrogens with one attached hydrogen (secondary N) is 1. The van der Waals surface area contributed by atoms with Gasteiger partial charge in [-0.1, -0.05) is 18.2 Å². The third kappa shape index (κ3) is 3.20. The lowest BCUT2D eigenvalue weighted by molar-refractivity contribution is 0.576. The number of piperidine rings is 1. The summed E-state index contributed by atoms with van der Waals surface area (Å²) in [6.45, 7) is 3.01. The maximum atomic E-state index is 4.42. The Labute approximate surface area is 155 Å². The lowest BCUT2D eigenvalue weighted by Gasteiger charge is -2.30. The summed E-state index contributed by atoms with van der Waals surface area (Å²) >= 11 is 3.51. The molecule has 1 aliphatic rings. The van der Waals surface area contributed by atoms with E-state index in [1.807, 2.05) is 7.05 Å². The van der Waals surface area contributed by atoms with Crippen LogP contribution < -0.4 is 10.2 Å². The van der Waals surface area contributed by atoms with Crippen LogP contribution in [-0.2, 0) is 13.6 Å². The molecule has 25 heavy (non-hydrogen) atoms. The fraction of sp³-hybridized carbons (Fsp3) is 0.389. The smallest absolute Gasteiger partial charge is 0.164 e. The van der Waals surface area contributed by atoms with Crippen LogP contribution in [0.15, 0.2) is 35.2 Å². The molecule has 0 unspecified atom stereocenters. The van der Waals surface area contributed by atoms with Crippen molar-refractivity contribution in [3.05, 3.63) is 40.8 Å². The second-order valence-electron chi connectivity index (χ2n) is 6.37. The summed E-state index contributed by atoms with van der Waals surface area (Å²) in [6.07, 6.45) is 5.47. The number of fused-ring (bicyclic) bond motifs is 1. The molecule has 130 valence electrons. The van der Waals surface area contributed by atoms with E-state index < -0.39 is 0 Å². The summed E-state index contributed by atoms with van der Waals surface area (Å²) in [5, 5.41) is 8.77. The summed E-state index contributed by atoms with van der Waals surface area (Å²) in [4.78, 5) is 11.2. The molecule has 0 atom stereocenters. The number of hydrogen-bond donors (Lipinski definition) is 1. The van der Waals surface area contributed by atoms with Crippen molar-refractivity contribution in [3.8, 4) is 0 Å². The Kier molecular flexibility index (Phi) is 4.57. The van der Waals surface area contributed by atoms with Crippen molar-refractivity contribution >= 4 is 38.5 Å². The number of nitrogens with zero attached hydrogens (tertiary/aromatic N) is 5. The molecule has 1 fully saturated rings. The van der Waals surface area contributed by atoms with E-state index >= 15 is 0 Å². The summed E-state index contributed by atoms with van der Waals surface area (Å²) in [5.74, 6) is 0.804. The molecule has 0 spiro atoms. The Hall–Kier alpha value is -2.15. The highest BCUT2D eigenvalue weighted by Crippen LogP contribution is 2.29. The van der Waals surface area contributed by atoms with Gasteiger partial charge in [-0.25, -0.2) is 14.6 Å². The monoisotopic (exact) mass is 400 g/mol. The van der Waals surface area contributed by atoms with Gasteiger partial charge in [0.2, 0.25) is 0 Å². The molecule has 3 aromatic rings. The van der Waals surface area contributed by atoms with Crippen molar-refractivity contribution in [2.24, 2.45) is 7.05 Å². The van der Waals surface area contributed by atoms with Crippen LogP contribution in [0.25, 0.3) is 11.0 Å². The van der Waals surface area contributed by atoms with Crippen LogP contribution in [0.5, 0.6) is 0 Å². The van der Waals surface area contributed by atoms with E-state index in [0.29, 0.717) is 0 Å². The minimum atomic E-state index is 0.722. The fourth-order valence-corrected chi connectivity index (χ4v) is 4.06. The first kappa shape index (κ1) is 16.3. The fourth-order valence-electron chi connectivity index (χ4n) is 3.46. The second-order valence-corrected chi connectivity index (χ2v) is 7.12. The molecular weight excluding hydrogens is 380 g/mol. The zero-order valence-electron chi connectivity index (χ0n) is 14.2. The van der Waals surface area contributed by atoms with E-state index in [1.54, 1.807) is 11.0 Å². The number of para-hydroxylation sites is 1. The third-order valence-corrected chi connectivity index (χ3v) is 5.27. The molecule has 7 heteroatoms. The van der Waals surface area contributed by atoms with Crippen LogP contribution in [0.2, 0.25) is 0 Å². The Morgan fingerprint density at radius 1 is 1.12 bits per heavy atom. The van der Waals surface area contributed by atoms with Crippen molar-refractivity contribution in [1.82, 2.24) is 19.7 Å². The highest BCUT2D eigenvalue weighted by molar-refractivity contribution is 9.10. The molecule has 0 amide bonds. The van der Waals surface area contributed by atoms with Gasteiger partial charge >= 0.3 is 0 Å². The van der Waals surface area contributed by atoms with Crippen molar-refractivity contribution in [3.63, 3.8) is 0 Å². The Balaban J connectivity index is 1.60. The summed E-state index contributed by atoms with van der Waals surface area (Å²) in [6, 6.07) is 8.62. The predicted molar refractivity (Wildman–Crippen MR) is 104 cm³/mol. The van der Waals surface area contributed by atoms with Crippen LogP contribution >= 0.6 is 15.9 Å². The SMILES string of the molecule is Cn1nc(Br)c2c(NCc3ccccc3N3CCCCC3)ncnc21. The highest BCUT2D eigenvalue weighted by Gasteiger charge is 2.16. The number of aromatic nitrogens is 4. The molecular formula is C18H21BrN6. The van der Waals surface area contributed by atoms with E-state index in [2.05, 4.69) is 65.5 Å². The van der Waals surface area contributed by atoms with Crippen molar-refractivity contribution in [1.29, 1.82) is 0 Å². The van der Waals surface area contributed by atoms with Gasteiger partial charge in [0.25, 0.3) is 0 Å². The third-order valence-electron chi connectivity index (χ3n) is 4.71. The zero-order valence-corrected chi connectivity index (χ0v) is 15.8. The molecule has 2 aromatic heterocycles. The molecule has 0 saturated carbocycles. The topological polar surface area (TPSA) is 58.9 Å². The lowest BCUT2D eigenvalue weighted by atomic mass is 10.1. The van der Waals surface area contributed by atoms with Gasteiger partial charge in [-0.3, -0.25) is 0 Å². The average Bonchev–Trinajstić information content (AvgIpc) is 2.96. The lowest BCUT2D eigenvalue weighted by Crippen LogP contribution is -2.30. The Morgan fingerprint density at radius 3 is 2.76 bits per heavy atom. The quantitative estimate of drug-likeness (QED) is 0.722. The van der Waals surface area contributed by atoms with E-state index in [9.17, 15) is 0 Å². The maximum Gasteiger partial charge on any atom is 0.164 e. The molecule has 1 aliphatic heterocycles. The van der Waals surface area contributed by atoms with Crippen LogP contribution in [0.4, 0.5) is 11.5 Å². The molecule has 1 aromatic carbocycles. The Morgan fingerprint density at radius 2 is 1.92 bits per heavy atom. The molecule has 1 N–H and O–H groups in total. The van der Waals surface area contributed by atoms with Crippen molar-refractivity contribution in [2.75, 3.05) is 23.3 Å². The van der Waals surface area contributed by atoms with E-state index in [0.717, 1.165) is 41.1 Å². The van der Waals surface area contributed by atoms with Gasteiger partial charge < -0.3 is 10.2 Å².